The third-order valence-corrected chi connectivity index (χ3v) is 8.24. The van der Waals surface area contributed by atoms with Gasteiger partial charge in [-0.1, -0.05) is 90.1 Å². The predicted molar refractivity (Wildman–Crippen MR) is 176 cm³/mol. The average Bonchev–Trinajstić information content (AvgIpc) is 3.04. The van der Waals surface area contributed by atoms with Gasteiger partial charge in [-0.3, -0.25) is 0 Å². The van der Waals surface area contributed by atoms with Crippen molar-refractivity contribution in [2.45, 2.75) is 16.7 Å². The van der Waals surface area contributed by atoms with E-state index in [0.29, 0.717) is 0 Å². The van der Waals surface area contributed by atoms with Crippen molar-refractivity contribution < 1.29 is 0 Å². The van der Waals surface area contributed by atoms with E-state index in [4.69, 9.17) is 0 Å². The molecular weight excluding hydrogens is 516 g/mol. The van der Waals surface area contributed by atoms with Gasteiger partial charge in [0.25, 0.3) is 0 Å². The number of hydrogen-bond acceptors (Lipinski definition) is 3. The lowest BCUT2D eigenvalue weighted by Gasteiger charge is -2.26. The minimum absolute atomic E-state index is 1.13. The second-order valence-electron chi connectivity index (χ2n) is 10.1. The molecule has 0 fully saturated rings. The molecule has 0 aromatic heterocycles. The second kappa shape index (κ2) is 12.2. The van der Waals surface area contributed by atoms with E-state index in [1.165, 1.54) is 37.9 Å². The summed E-state index contributed by atoms with van der Waals surface area (Å²) in [6.45, 7) is 2.12. The third kappa shape index (κ3) is 6.21. The van der Waals surface area contributed by atoms with E-state index in [9.17, 15) is 0 Å². The smallest absolute Gasteiger partial charge is 0.0462 e. The minimum atomic E-state index is 1.13. The molecule has 0 saturated carbocycles. The van der Waals surface area contributed by atoms with E-state index in [-0.39, 0.29) is 0 Å². The second-order valence-corrected chi connectivity index (χ2v) is 11.2. The van der Waals surface area contributed by atoms with Crippen molar-refractivity contribution in [3.8, 4) is 11.1 Å². The highest BCUT2D eigenvalue weighted by Gasteiger charge is 2.13. The van der Waals surface area contributed by atoms with Gasteiger partial charge in [-0.05, 0) is 103 Å². The first kappa shape index (κ1) is 26.5. The van der Waals surface area contributed by atoms with Crippen molar-refractivity contribution in [2.75, 3.05) is 16.8 Å². The Bertz CT molecular complexity index is 1680. The Morgan fingerprint density at radius 3 is 1.27 bits per heavy atom. The molecule has 0 saturated heterocycles. The standard InChI is InChI=1S/C38H32N2S/c1-29-13-15-30(16-14-29)31-17-19-35(20-18-31)40(34-11-7-4-8-12-34)36-23-27-38(28-24-36)41-37-25-21-33(22-26-37)39(2)32-9-5-3-6-10-32/h3-28H,1-2H3. The summed E-state index contributed by atoms with van der Waals surface area (Å²) in [6, 6.07) is 56.1. The molecule has 0 spiro atoms. The van der Waals surface area contributed by atoms with Gasteiger partial charge in [-0.2, -0.15) is 0 Å². The number of rotatable bonds is 8. The average molecular weight is 549 g/mol. The number of anilines is 5. The van der Waals surface area contributed by atoms with Crippen LogP contribution in [0.1, 0.15) is 5.56 Å². The van der Waals surface area contributed by atoms with Gasteiger partial charge in [0, 0.05) is 45.3 Å². The first-order chi connectivity index (χ1) is 20.1. The van der Waals surface area contributed by atoms with Crippen LogP contribution >= 0.6 is 11.8 Å². The molecule has 3 heteroatoms. The number of para-hydroxylation sites is 2. The van der Waals surface area contributed by atoms with Gasteiger partial charge in [0.2, 0.25) is 0 Å². The van der Waals surface area contributed by atoms with E-state index in [2.05, 4.69) is 175 Å². The first-order valence-electron chi connectivity index (χ1n) is 13.8. The van der Waals surface area contributed by atoms with Gasteiger partial charge >= 0.3 is 0 Å². The van der Waals surface area contributed by atoms with Crippen LogP contribution < -0.4 is 9.80 Å². The minimum Gasteiger partial charge on any atom is -0.345 e. The number of nitrogens with zero attached hydrogens (tertiary/aromatic N) is 2. The van der Waals surface area contributed by atoms with Gasteiger partial charge < -0.3 is 9.80 Å². The summed E-state index contributed by atoms with van der Waals surface area (Å²) in [7, 11) is 2.10. The maximum Gasteiger partial charge on any atom is 0.0462 e. The molecule has 0 heterocycles. The van der Waals surface area contributed by atoms with E-state index in [0.717, 1.165) is 17.1 Å². The highest BCUT2D eigenvalue weighted by molar-refractivity contribution is 7.99. The quantitative estimate of drug-likeness (QED) is 0.187. The fourth-order valence-corrected chi connectivity index (χ4v) is 5.73. The molecule has 0 N–H and O–H groups in total. The summed E-state index contributed by atoms with van der Waals surface area (Å²) >= 11 is 1.78. The Labute approximate surface area is 247 Å². The van der Waals surface area contributed by atoms with Gasteiger partial charge in [-0.25, -0.2) is 0 Å². The van der Waals surface area contributed by atoms with Crippen molar-refractivity contribution in [2.24, 2.45) is 0 Å². The zero-order chi connectivity index (χ0) is 28.0. The zero-order valence-electron chi connectivity index (χ0n) is 23.3. The van der Waals surface area contributed by atoms with E-state index in [1.54, 1.807) is 11.8 Å². The van der Waals surface area contributed by atoms with Crippen LogP contribution in [-0.4, -0.2) is 7.05 Å². The molecule has 0 atom stereocenters. The molecule has 0 aliphatic carbocycles. The summed E-state index contributed by atoms with van der Waals surface area (Å²) in [4.78, 5) is 6.94. The van der Waals surface area contributed by atoms with Gasteiger partial charge in [0.1, 0.15) is 0 Å². The van der Waals surface area contributed by atoms with E-state index in [1.807, 2.05) is 6.07 Å². The lowest BCUT2D eigenvalue weighted by atomic mass is 10.0. The molecule has 6 rings (SSSR count). The molecule has 0 aliphatic rings. The number of hydrogen-bond donors (Lipinski definition) is 0. The number of benzene rings is 6. The molecule has 41 heavy (non-hydrogen) atoms. The first-order valence-corrected chi connectivity index (χ1v) is 14.6. The summed E-state index contributed by atoms with van der Waals surface area (Å²) in [5, 5.41) is 0. The summed E-state index contributed by atoms with van der Waals surface area (Å²) in [5.74, 6) is 0. The highest BCUT2D eigenvalue weighted by atomic mass is 32.2. The Morgan fingerprint density at radius 1 is 0.390 bits per heavy atom. The molecule has 0 unspecified atom stereocenters. The van der Waals surface area contributed by atoms with Crippen LogP contribution in [0.5, 0.6) is 0 Å². The monoisotopic (exact) mass is 548 g/mol. The number of aryl methyl sites for hydroxylation is 1. The SMILES string of the molecule is Cc1ccc(-c2ccc(N(c3ccccc3)c3ccc(Sc4ccc(N(C)c5ccccc5)cc4)cc3)cc2)cc1. The van der Waals surface area contributed by atoms with Crippen LogP contribution in [0.25, 0.3) is 11.1 Å². The van der Waals surface area contributed by atoms with Crippen molar-refractivity contribution in [3.05, 3.63) is 163 Å². The Balaban J connectivity index is 1.21. The van der Waals surface area contributed by atoms with Gasteiger partial charge in [0.05, 0.1) is 0 Å². The molecule has 2 nitrogen and oxygen atoms in total. The maximum atomic E-state index is 2.31. The Hall–Kier alpha value is -4.73. The predicted octanol–water partition coefficient (Wildman–Crippen LogP) is 11.1. The third-order valence-electron chi connectivity index (χ3n) is 7.22. The van der Waals surface area contributed by atoms with Crippen LogP contribution in [0.3, 0.4) is 0 Å². The van der Waals surface area contributed by atoms with Crippen molar-refractivity contribution in [1.29, 1.82) is 0 Å². The lowest BCUT2D eigenvalue weighted by molar-refractivity contribution is 1.20. The summed E-state index contributed by atoms with van der Waals surface area (Å²) in [5.41, 5.74) is 9.46. The summed E-state index contributed by atoms with van der Waals surface area (Å²) in [6.07, 6.45) is 0. The van der Waals surface area contributed by atoms with Gasteiger partial charge in [0.15, 0.2) is 0 Å². The summed E-state index contributed by atoms with van der Waals surface area (Å²) < 4.78 is 0. The normalized spacial score (nSPS) is 10.8. The molecule has 0 bridgehead atoms. The van der Waals surface area contributed by atoms with Crippen molar-refractivity contribution >= 4 is 40.2 Å². The molecule has 6 aromatic carbocycles. The topological polar surface area (TPSA) is 6.48 Å². The van der Waals surface area contributed by atoms with E-state index < -0.39 is 0 Å². The lowest BCUT2D eigenvalue weighted by Crippen LogP contribution is -2.09. The molecule has 0 aliphatic heterocycles. The van der Waals surface area contributed by atoms with Gasteiger partial charge in [-0.15, -0.1) is 0 Å². The molecular formula is C38H32N2S. The van der Waals surface area contributed by atoms with Crippen LogP contribution in [0.4, 0.5) is 28.4 Å². The fraction of sp³-hybridized carbons (Fsp3) is 0.0526. The Kier molecular flexibility index (Phi) is 7.88. The zero-order valence-corrected chi connectivity index (χ0v) is 24.1. The molecule has 0 amide bonds. The highest BCUT2D eigenvalue weighted by Crippen LogP contribution is 2.37. The van der Waals surface area contributed by atoms with E-state index >= 15 is 0 Å². The van der Waals surface area contributed by atoms with Crippen LogP contribution in [-0.2, 0) is 0 Å². The van der Waals surface area contributed by atoms with Crippen molar-refractivity contribution in [3.63, 3.8) is 0 Å². The van der Waals surface area contributed by atoms with Crippen LogP contribution in [0.15, 0.2) is 168 Å². The molecule has 0 radical (unpaired) electrons. The van der Waals surface area contributed by atoms with Crippen molar-refractivity contribution in [1.82, 2.24) is 0 Å². The maximum absolute atomic E-state index is 2.31. The fourth-order valence-electron chi connectivity index (χ4n) is 4.91. The molecule has 200 valence electrons. The van der Waals surface area contributed by atoms with Crippen LogP contribution in [0, 0.1) is 6.92 Å². The molecule has 6 aromatic rings. The van der Waals surface area contributed by atoms with Crippen LogP contribution in [0.2, 0.25) is 0 Å². The Morgan fingerprint density at radius 2 is 0.756 bits per heavy atom. The largest absolute Gasteiger partial charge is 0.345 e.